The first kappa shape index (κ1) is 20.2. The molecule has 0 saturated carbocycles. The normalized spacial score (nSPS) is 19.7. The fourth-order valence-corrected chi connectivity index (χ4v) is 4.85. The summed E-state index contributed by atoms with van der Waals surface area (Å²) in [7, 11) is 4.24. The van der Waals surface area contributed by atoms with Crippen LogP contribution in [0, 0.1) is 5.82 Å². The lowest BCUT2D eigenvalue weighted by molar-refractivity contribution is 0.214. The molecule has 1 saturated heterocycles. The largest absolute Gasteiger partial charge is 0.302 e. The van der Waals surface area contributed by atoms with Crippen LogP contribution in [0.15, 0.2) is 23.0 Å². The van der Waals surface area contributed by atoms with Crippen molar-refractivity contribution in [1.82, 2.24) is 20.0 Å². The summed E-state index contributed by atoms with van der Waals surface area (Å²) in [6, 6.07) is 5.93. The Balaban J connectivity index is 1.49. The number of likely N-dealkylation sites (tertiary alicyclic amines) is 1. The van der Waals surface area contributed by atoms with Gasteiger partial charge < -0.3 is 9.80 Å². The minimum absolute atomic E-state index is 0.0539. The van der Waals surface area contributed by atoms with E-state index in [0.29, 0.717) is 19.0 Å². The smallest absolute Gasteiger partial charge is 0.267 e. The summed E-state index contributed by atoms with van der Waals surface area (Å²) in [6.07, 6.45) is 6.98. The topological polar surface area (TPSA) is 52.2 Å². The first-order chi connectivity index (χ1) is 14.0. The molecule has 0 radical (unpaired) electrons. The van der Waals surface area contributed by atoms with Gasteiger partial charge in [0.2, 0.25) is 0 Å². The molecule has 2 aromatic rings. The lowest BCUT2D eigenvalue weighted by Crippen LogP contribution is -2.36. The summed E-state index contributed by atoms with van der Waals surface area (Å²) in [5.41, 5.74) is 4.64. The highest BCUT2D eigenvalue weighted by Gasteiger charge is 2.23. The lowest BCUT2D eigenvalue weighted by Gasteiger charge is -2.26. The van der Waals surface area contributed by atoms with Crippen molar-refractivity contribution in [1.29, 1.82) is 0 Å². The Bertz CT molecular complexity index is 926. The van der Waals surface area contributed by atoms with E-state index in [-0.39, 0.29) is 11.4 Å². The predicted molar refractivity (Wildman–Crippen MR) is 113 cm³/mol. The van der Waals surface area contributed by atoms with Crippen LogP contribution >= 0.6 is 0 Å². The van der Waals surface area contributed by atoms with Gasteiger partial charge in [-0.2, -0.15) is 5.10 Å². The van der Waals surface area contributed by atoms with Gasteiger partial charge in [-0.15, -0.1) is 0 Å². The summed E-state index contributed by atoms with van der Waals surface area (Å²) in [4.78, 5) is 16.7. The molecule has 2 aliphatic rings. The molecule has 0 bridgehead atoms. The average molecular weight is 399 g/mol. The number of nitrogens with zero attached hydrogens (tertiary/aromatic N) is 3. The van der Waals surface area contributed by atoms with Crippen LogP contribution in [0.1, 0.15) is 53.6 Å². The van der Waals surface area contributed by atoms with E-state index in [2.05, 4.69) is 34.1 Å². The van der Waals surface area contributed by atoms with E-state index in [1.165, 1.54) is 12.8 Å². The number of benzene rings is 1. The summed E-state index contributed by atoms with van der Waals surface area (Å²) < 4.78 is 14.5. The molecule has 1 aromatic heterocycles. The van der Waals surface area contributed by atoms with E-state index in [4.69, 9.17) is 0 Å². The Morgan fingerprint density at radius 3 is 2.79 bits per heavy atom. The van der Waals surface area contributed by atoms with Crippen LogP contribution in [0.2, 0.25) is 0 Å². The molecule has 1 N–H and O–H groups in total. The zero-order valence-corrected chi connectivity index (χ0v) is 17.5. The molecule has 1 aliphatic heterocycles. The molecule has 1 aliphatic carbocycles. The maximum Gasteiger partial charge on any atom is 0.267 e. The van der Waals surface area contributed by atoms with Crippen LogP contribution in [0.4, 0.5) is 4.39 Å². The standard InChI is InChI=1S/C23H31FN4O/c1-27(15-18-6-5-11-28(18)2)14-17-12-16(9-10-21(17)24)13-22-19-7-3-4-8-20(19)23(29)26-25-22/h9-10,12,18H,3-8,11,13-15H2,1-2H3,(H,26,29). The van der Waals surface area contributed by atoms with Gasteiger partial charge in [-0.3, -0.25) is 4.79 Å². The van der Waals surface area contributed by atoms with Gasteiger partial charge in [-0.05, 0) is 76.4 Å². The van der Waals surface area contributed by atoms with Crippen molar-refractivity contribution in [3.63, 3.8) is 0 Å². The zero-order valence-electron chi connectivity index (χ0n) is 17.5. The highest BCUT2D eigenvalue weighted by atomic mass is 19.1. The molecular weight excluding hydrogens is 367 g/mol. The fraction of sp³-hybridized carbons (Fsp3) is 0.565. The SMILES string of the molecule is CN(Cc1cc(Cc2n[nH]c(=O)c3c2CCCC3)ccc1F)CC1CCCN1C. The van der Waals surface area contributed by atoms with E-state index in [0.717, 1.165) is 66.7 Å². The van der Waals surface area contributed by atoms with Crippen LogP contribution < -0.4 is 5.56 Å². The van der Waals surface area contributed by atoms with Crippen molar-refractivity contribution in [2.24, 2.45) is 0 Å². The summed E-state index contributed by atoms with van der Waals surface area (Å²) in [5.74, 6) is -0.156. The second-order valence-electron chi connectivity index (χ2n) is 8.74. The maximum atomic E-state index is 14.5. The molecule has 1 atom stereocenters. The predicted octanol–water partition coefficient (Wildman–Crippen LogP) is 2.90. The first-order valence-electron chi connectivity index (χ1n) is 10.8. The first-order valence-corrected chi connectivity index (χ1v) is 10.8. The molecule has 0 spiro atoms. The van der Waals surface area contributed by atoms with Gasteiger partial charge >= 0.3 is 0 Å². The quantitative estimate of drug-likeness (QED) is 0.813. The number of rotatable bonds is 6. The van der Waals surface area contributed by atoms with E-state index in [9.17, 15) is 9.18 Å². The van der Waals surface area contributed by atoms with E-state index in [1.54, 1.807) is 6.07 Å². The van der Waals surface area contributed by atoms with Crippen LogP contribution in [-0.2, 0) is 25.8 Å². The van der Waals surface area contributed by atoms with E-state index < -0.39 is 0 Å². The van der Waals surface area contributed by atoms with Crippen molar-refractivity contribution in [3.8, 4) is 0 Å². The molecule has 6 heteroatoms. The highest BCUT2D eigenvalue weighted by Crippen LogP contribution is 2.23. The number of nitrogens with one attached hydrogen (secondary N) is 1. The van der Waals surface area contributed by atoms with Crippen LogP contribution in [0.5, 0.6) is 0 Å². The molecule has 4 rings (SSSR count). The molecule has 1 aromatic carbocycles. The molecule has 0 amide bonds. The highest BCUT2D eigenvalue weighted by molar-refractivity contribution is 5.35. The molecule has 5 nitrogen and oxygen atoms in total. The van der Waals surface area contributed by atoms with Crippen molar-refractivity contribution < 1.29 is 4.39 Å². The van der Waals surface area contributed by atoms with E-state index in [1.807, 2.05) is 12.1 Å². The number of aromatic nitrogens is 2. The Hall–Kier alpha value is -2.05. The second-order valence-corrected chi connectivity index (χ2v) is 8.74. The van der Waals surface area contributed by atoms with Crippen LogP contribution in [0.25, 0.3) is 0 Å². The van der Waals surface area contributed by atoms with Crippen LogP contribution in [0.3, 0.4) is 0 Å². The second kappa shape index (κ2) is 8.76. The Kier molecular flexibility index (Phi) is 6.11. The van der Waals surface area contributed by atoms with Crippen molar-refractivity contribution in [2.75, 3.05) is 27.2 Å². The van der Waals surface area contributed by atoms with Gasteiger partial charge in [0.05, 0.1) is 5.69 Å². The minimum Gasteiger partial charge on any atom is -0.302 e. The van der Waals surface area contributed by atoms with Gasteiger partial charge in [0.1, 0.15) is 5.82 Å². The Labute approximate surface area is 171 Å². The van der Waals surface area contributed by atoms with Gasteiger partial charge in [0.25, 0.3) is 5.56 Å². The minimum atomic E-state index is -0.156. The third-order valence-corrected chi connectivity index (χ3v) is 6.50. The number of aromatic amines is 1. The number of halogens is 1. The third-order valence-electron chi connectivity index (χ3n) is 6.50. The summed E-state index contributed by atoms with van der Waals surface area (Å²) in [5, 5.41) is 6.99. The van der Waals surface area contributed by atoms with Crippen LogP contribution in [-0.4, -0.2) is 53.2 Å². The lowest BCUT2D eigenvalue weighted by atomic mass is 9.90. The Morgan fingerprint density at radius 2 is 2.03 bits per heavy atom. The molecule has 156 valence electrons. The molecular formula is C23H31FN4O. The summed E-state index contributed by atoms with van der Waals surface area (Å²) in [6.45, 7) is 2.70. The van der Waals surface area contributed by atoms with Gasteiger partial charge in [0.15, 0.2) is 0 Å². The number of fused-ring (bicyclic) bond motifs is 1. The van der Waals surface area contributed by atoms with Crippen molar-refractivity contribution in [2.45, 2.75) is 57.5 Å². The monoisotopic (exact) mass is 398 g/mol. The number of hydrogen-bond donors (Lipinski definition) is 1. The maximum absolute atomic E-state index is 14.5. The van der Waals surface area contributed by atoms with E-state index >= 15 is 0 Å². The number of likely N-dealkylation sites (N-methyl/N-ethyl adjacent to an activating group) is 2. The molecule has 1 fully saturated rings. The molecule has 1 unspecified atom stereocenters. The van der Waals surface area contributed by atoms with Gasteiger partial charge in [0, 0.05) is 36.7 Å². The number of hydrogen-bond acceptors (Lipinski definition) is 4. The molecule has 29 heavy (non-hydrogen) atoms. The van der Waals surface area contributed by atoms with Gasteiger partial charge in [-0.1, -0.05) is 12.1 Å². The zero-order chi connectivity index (χ0) is 20.4. The van der Waals surface area contributed by atoms with Crippen molar-refractivity contribution in [3.05, 3.63) is 62.3 Å². The summed E-state index contributed by atoms with van der Waals surface area (Å²) >= 11 is 0. The third kappa shape index (κ3) is 4.59. The fourth-order valence-electron chi connectivity index (χ4n) is 4.85. The average Bonchev–Trinajstić information content (AvgIpc) is 3.11. The molecule has 2 heterocycles. The number of H-pyrrole nitrogens is 1. The van der Waals surface area contributed by atoms with Crippen molar-refractivity contribution >= 4 is 0 Å². The van der Waals surface area contributed by atoms with Gasteiger partial charge in [-0.25, -0.2) is 9.49 Å². The Morgan fingerprint density at radius 1 is 1.24 bits per heavy atom.